The fourth-order valence-corrected chi connectivity index (χ4v) is 3.17. The molecule has 0 aliphatic rings. The van der Waals surface area contributed by atoms with Crippen molar-refractivity contribution in [3.8, 4) is 5.75 Å². The second-order valence-electron chi connectivity index (χ2n) is 8.00. The van der Waals surface area contributed by atoms with Gasteiger partial charge in [0.25, 0.3) is 0 Å². The van der Waals surface area contributed by atoms with Crippen molar-refractivity contribution >= 4 is 29.6 Å². The standard InChI is InChI=1S/C22H29N7O7/c23-15(5-6-18(24)31)20(34)28-16(7-12-1-3-14(30)4-2-12)22(36)29-17(8-13-9-25-11-27-13)21(35)26-10-19(32)33/h1-4,9,11,15-17,30H,5-8,10,23H2,(H2,24,31)(H,25,27)(H,26,35)(H,28,34)(H,29,36)(H,32,33). The molecule has 2 rings (SSSR count). The minimum Gasteiger partial charge on any atom is -0.508 e. The number of hydrogen-bond donors (Lipinski definition) is 8. The Labute approximate surface area is 205 Å². The number of nitrogens with two attached hydrogens (primary N) is 2. The summed E-state index contributed by atoms with van der Waals surface area (Å²) in [4.78, 5) is 66.9. The summed E-state index contributed by atoms with van der Waals surface area (Å²) < 4.78 is 0. The topological polar surface area (TPSA) is 243 Å². The van der Waals surface area contributed by atoms with Gasteiger partial charge in [0.2, 0.25) is 23.6 Å². The number of benzene rings is 1. The van der Waals surface area contributed by atoms with Gasteiger partial charge < -0.3 is 42.6 Å². The number of nitrogens with one attached hydrogen (secondary N) is 4. The molecule has 0 saturated heterocycles. The summed E-state index contributed by atoms with van der Waals surface area (Å²) in [5.41, 5.74) is 12.0. The number of imidazole rings is 1. The number of aromatic amines is 1. The molecule has 14 heteroatoms. The van der Waals surface area contributed by atoms with E-state index < -0.39 is 54.3 Å². The summed E-state index contributed by atoms with van der Waals surface area (Å²) in [5, 5.41) is 25.6. The number of carboxylic acids is 1. The Morgan fingerprint density at radius 1 is 0.972 bits per heavy atom. The number of primary amides is 1. The molecular weight excluding hydrogens is 474 g/mol. The molecule has 0 aliphatic carbocycles. The molecule has 194 valence electrons. The maximum Gasteiger partial charge on any atom is 0.322 e. The van der Waals surface area contributed by atoms with Crippen molar-refractivity contribution in [3.63, 3.8) is 0 Å². The van der Waals surface area contributed by atoms with Crippen LogP contribution in [0.15, 0.2) is 36.8 Å². The van der Waals surface area contributed by atoms with Crippen LogP contribution in [0.2, 0.25) is 0 Å². The third-order valence-corrected chi connectivity index (χ3v) is 5.07. The molecule has 0 bridgehead atoms. The number of H-pyrrole nitrogens is 1. The number of hydrogen-bond acceptors (Lipinski definition) is 8. The number of aliphatic carboxylic acids is 1. The van der Waals surface area contributed by atoms with Crippen LogP contribution < -0.4 is 27.4 Å². The minimum absolute atomic E-state index is 0.00647. The number of aromatic hydroxyl groups is 1. The molecule has 14 nitrogen and oxygen atoms in total. The van der Waals surface area contributed by atoms with Crippen LogP contribution in [0.3, 0.4) is 0 Å². The summed E-state index contributed by atoms with van der Waals surface area (Å²) in [5.74, 6) is -4.10. The molecule has 3 unspecified atom stereocenters. The van der Waals surface area contributed by atoms with Crippen molar-refractivity contribution < 1.29 is 34.2 Å². The summed E-state index contributed by atoms with van der Waals surface area (Å²) in [6, 6.07) is 2.41. The SMILES string of the molecule is NC(=O)CCC(N)C(=O)NC(Cc1ccc(O)cc1)C(=O)NC(Cc1cnc[nH]1)C(=O)NCC(=O)O. The molecule has 36 heavy (non-hydrogen) atoms. The first-order valence-corrected chi connectivity index (χ1v) is 10.9. The van der Waals surface area contributed by atoms with E-state index in [4.69, 9.17) is 16.6 Å². The molecular formula is C22H29N7O7. The number of nitrogens with zero attached hydrogens (tertiary/aromatic N) is 1. The molecule has 0 spiro atoms. The zero-order valence-electron chi connectivity index (χ0n) is 19.3. The van der Waals surface area contributed by atoms with Crippen LogP contribution in [-0.4, -0.2) is 74.4 Å². The highest BCUT2D eigenvalue weighted by molar-refractivity contribution is 5.94. The van der Waals surface area contributed by atoms with Crippen LogP contribution in [0.5, 0.6) is 5.75 Å². The van der Waals surface area contributed by atoms with E-state index in [1.54, 1.807) is 12.1 Å². The third-order valence-electron chi connectivity index (χ3n) is 5.07. The summed E-state index contributed by atoms with van der Waals surface area (Å²) in [6.45, 7) is -0.656. The Morgan fingerprint density at radius 3 is 2.19 bits per heavy atom. The van der Waals surface area contributed by atoms with Crippen LogP contribution in [0.25, 0.3) is 0 Å². The lowest BCUT2D eigenvalue weighted by Crippen LogP contribution is -2.57. The van der Waals surface area contributed by atoms with Gasteiger partial charge in [0.05, 0.1) is 12.4 Å². The number of amides is 4. The van der Waals surface area contributed by atoms with Gasteiger partial charge >= 0.3 is 5.97 Å². The Morgan fingerprint density at radius 2 is 1.61 bits per heavy atom. The maximum atomic E-state index is 13.2. The molecule has 0 saturated carbocycles. The Kier molecular flexibility index (Phi) is 10.4. The van der Waals surface area contributed by atoms with Gasteiger partial charge in [-0.25, -0.2) is 4.98 Å². The first-order valence-electron chi connectivity index (χ1n) is 10.9. The molecule has 10 N–H and O–H groups in total. The van der Waals surface area contributed by atoms with Crippen LogP contribution in [-0.2, 0) is 36.8 Å². The number of carbonyl (C=O) groups excluding carboxylic acids is 4. The van der Waals surface area contributed by atoms with E-state index >= 15 is 0 Å². The molecule has 0 aliphatic heterocycles. The van der Waals surface area contributed by atoms with Gasteiger partial charge in [-0.3, -0.25) is 24.0 Å². The lowest BCUT2D eigenvalue weighted by Gasteiger charge is -2.24. The lowest BCUT2D eigenvalue weighted by atomic mass is 10.0. The number of carbonyl (C=O) groups is 5. The summed E-state index contributed by atoms with van der Waals surface area (Å²) in [6.07, 6.45) is 2.61. The second-order valence-corrected chi connectivity index (χ2v) is 8.00. The number of rotatable bonds is 14. The van der Waals surface area contributed by atoms with Gasteiger partial charge in [0.1, 0.15) is 24.4 Å². The van der Waals surface area contributed by atoms with Gasteiger partial charge in [-0.15, -0.1) is 0 Å². The van der Waals surface area contributed by atoms with Gasteiger partial charge in [-0.2, -0.15) is 0 Å². The van der Waals surface area contributed by atoms with Crippen molar-refractivity contribution in [2.75, 3.05) is 6.54 Å². The van der Waals surface area contributed by atoms with Gasteiger partial charge in [0.15, 0.2) is 0 Å². The summed E-state index contributed by atoms with van der Waals surface area (Å²) >= 11 is 0. The highest BCUT2D eigenvalue weighted by Gasteiger charge is 2.29. The third kappa shape index (κ3) is 9.42. The predicted octanol–water partition coefficient (Wildman–Crippen LogP) is -2.34. The van der Waals surface area contributed by atoms with Crippen LogP contribution >= 0.6 is 0 Å². The molecule has 3 atom stereocenters. The van der Waals surface area contributed by atoms with Gasteiger partial charge in [-0.1, -0.05) is 12.1 Å². The normalized spacial score (nSPS) is 13.1. The van der Waals surface area contributed by atoms with E-state index in [2.05, 4.69) is 25.9 Å². The van der Waals surface area contributed by atoms with E-state index in [1.165, 1.54) is 24.7 Å². The quantitative estimate of drug-likeness (QED) is 0.137. The second kappa shape index (κ2) is 13.4. The monoisotopic (exact) mass is 503 g/mol. The zero-order chi connectivity index (χ0) is 26.7. The number of carboxylic acid groups (broad SMARTS) is 1. The van der Waals surface area contributed by atoms with Crippen molar-refractivity contribution in [3.05, 3.63) is 48.0 Å². The molecule has 4 amide bonds. The molecule has 1 aromatic heterocycles. The fourth-order valence-electron chi connectivity index (χ4n) is 3.17. The number of phenols is 1. The zero-order valence-corrected chi connectivity index (χ0v) is 19.3. The molecule has 1 aromatic carbocycles. The highest BCUT2D eigenvalue weighted by atomic mass is 16.4. The average molecular weight is 504 g/mol. The van der Waals surface area contributed by atoms with Crippen molar-refractivity contribution in [2.24, 2.45) is 11.5 Å². The average Bonchev–Trinajstić information content (AvgIpc) is 3.34. The van der Waals surface area contributed by atoms with Crippen molar-refractivity contribution in [2.45, 2.75) is 43.8 Å². The molecule has 2 aromatic rings. The smallest absolute Gasteiger partial charge is 0.322 e. The van der Waals surface area contributed by atoms with Crippen molar-refractivity contribution in [1.29, 1.82) is 0 Å². The van der Waals surface area contributed by atoms with Gasteiger partial charge in [0, 0.05) is 31.2 Å². The van der Waals surface area contributed by atoms with Crippen LogP contribution in [0.1, 0.15) is 24.1 Å². The van der Waals surface area contributed by atoms with Crippen molar-refractivity contribution in [1.82, 2.24) is 25.9 Å². The molecule has 0 fully saturated rings. The largest absolute Gasteiger partial charge is 0.508 e. The van der Waals surface area contributed by atoms with E-state index in [-0.39, 0.29) is 31.4 Å². The fraction of sp³-hybridized carbons (Fsp3) is 0.364. The number of phenolic OH excluding ortho intramolecular Hbond substituents is 1. The van der Waals surface area contributed by atoms with E-state index in [9.17, 15) is 29.1 Å². The first-order chi connectivity index (χ1) is 17.0. The summed E-state index contributed by atoms with van der Waals surface area (Å²) in [7, 11) is 0. The van der Waals surface area contributed by atoms with E-state index in [0.29, 0.717) is 11.3 Å². The first kappa shape index (κ1) is 27.8. The highest BCUT2D eigenvalue weighted by Crippen LogP contribution is 2.12. The molecule has 0 radical (unpaired) electrons. The Bertz CT molecular complexity index is 1060. The van der Waals surface area contributed by atoms with E-state index in [1.807, 2.05) is 0 Å². The predicted molar refractivity (Wildman–Crippen MR) is 125 cm³/mol. The van der Waals surface area contributed by atoms with Crippen LogP contribution in [0.4, 0.5) is 0 Å². The lowest BCUT2D eigenvalue weighted by molar-refractivity contribution is -0.138. The molecule has 1 heterocycles. The van der Waals surface area contributed by atoms with E-state index in [0.717, 1.165) is 0 Å². The Hall–Kier alpha value is -4.46. The maximum absolute atomic E-state index is 13.2. The van der Waals surface area contributed by atoms with Gasteiger partial charge in [-0.05, 0) is 24.1 Å². The Balaban J connectivity index is 2.21. The minimum atomic E-state index is -1.27. The number of aromatic nitrogens is 2. The van der Waals surface area contributed by atoms with Crippen LogP contribution in [0, 0.1) is 0 Å².